The Bertz CT molecular complexity index is 382. The molecule has 4 heteroatoms. The van der Waals surface area contributed by atoms with Crippen molar-refractivity contribution in [2.75, 3.05) is 0 Å². The molecule has 0 spiro atoms. The Morgan fingerprint density at radius 2 is 2.21 bits per heavy atom. The third-order valence-corrected chi connectivity index (χ3v) is 5.24. The first-order valence-corrected chi connectivity index (χ1v) is 7.72. The maximum atomic E-state index is 12.8. The topological polar surface area (TPSA) is 41.6 Å². The molecule has 19 heavy (non-hydrogen) atoms. The van der Waals surface area contributed by atoms with Crippen molar-refractivity contribution in [3.63, 3.8) is 0 Å². The van der Waals surface area contributed by atoms with Crippen LogP contribution in [0.25, 0.3) is 0 Å². The molecule has 0 aromatic rings. The molecule has 3 aliphatic heterocycles. The van der Waals surface area contributed by atoms with E-state index in [4.69, 9.17) is 4.74 Å². The van der Waals surface area contributed by atoms with E-state index in [0.29, 0.717) is 18.1 Å². The Morgan fingerprint density at radius 1 is 1.47 bits per heavy atom. The number of amides is 1. The molecule has 1 N–H and O–H groups in total. The van der Waals surface area contributed by atoms with Crippen LogP contribution in [0.15, 0.2) is 0 Å². The third kappa shape index (κ3) is 1.91. The molecule has 3 heterocycles. The number of fused-ring (bicyclic) bond motifs is 2. The van der Waals surface area contributed by atoms with Crippen molar-refractivity contribution in [3.8, 4) is 0 Å². The molecule has 0 aromatic carbocycles. The van der Waals surface area contributed by atoms with Crippen LogP contribution in [0.3, 0.4) is 0 Å². The van der Waals surface area contributed by atoms with Gasteiger partial charge in [-0.3, -0.25) is 10.1 Å². The van der Waals surface area contributed by atoms with Crippen LogP contribution >= 0.6 is 0 Å². The molecule has 2 bridgehead atoms. The van der Waals surface area contributed by atoms with E-state index in [1.54, 1.807) is 0 Å². The van der Waals surface area contributed by atoms with Gasteiger partial charge >= 0.3 is 0 Å². The highest BCUT2D eigenvalue weighted by Gasteiger charge is 2.55. The zero-order valence-electron chi connectivity index (χ0n) is 12.5. The average molecular weight is 266 g/mol. The van der Waals surface area contributed by atoms with Gasteiger partial charge in [0.15, 0.2) is 0 Å². The first kappa shape index (κ1) is 13.4. The van der Waals surface area contributed by atoms with Gasteiger partial charge in [-0.05, 0) is 38.5 Å². The van der Waals surface area contributed by atoms with Crippen LogP contribution in [0.2, 0.25) is 0 Å². The van der Waals surface area contributed by atoms with Gasteiger partial charge in [-0.25, -0.2) is 0 Å². The number of hydrogen-bond acceptors (Lipinski definition) is 3. The highest BCUT2D eigenvalue weighted by atomic mass is 16.5. The summed E-state index contributed by atoms with van der Waals surface area (Å²) in [5.74, 6) is 0.700. The second-order valence-electron chi connectivity index (χ2n) is 6.91. The zero-order valence-corrected chi connectivity index (χ0v) is 12.5. The Balaban J connectivity index is 1.87. The van der Waals surface area contributed by atoms with Gasteiger partial charge in [0.1, 0.15) is 0 Å². The number of nitrogens with one attached hydrogen (secondary N) is 1. The van der Waals surface area contributed by atoms with Crippen LogP contribution in [-0.2, 0) is 9.53 Å². The lowest BCUT2D eigenvalue weighted by Crippen LogP contribution is -2.51. The summed E-state index contributed by atoms with van der Waals surface area (Å²) in [6.45, 7) is 8.50. The standard InChI is InChI=1S/C15H26N2O2/c1-5-15(4)14(18)17(13(16-15)9(2)3)11-8-10-6-7-12(11)19-10/h9-13,16H,5-8H2,1-4H3. The van der Waals surface area contributed by atoms with Gasteiger partial charge in [0.2, 0.25) is 5.91 Å². The lowest BCUT2D eigenvalue weighted by molar-refractivity contribution is -0.136. The van der Waals surface area contributed by atoms with Crippen molar-refractivity contribution in [3.05, 3.63) is 0 Å². The fraction of sp³-hybridized carbons (Fsp3) is 0.933. The minimum absolute atomic E-state index is 0.158. The first-order valence-electron chi connectivity index (χ1n) is 7.72. The normalized spacial score (nSPS) is 45.7. The zero-order chi connectivity index (χ0) is 13.8. The van der Waals surface area contributed by atoms with Crippen LogP contribution in [0.4, 0.5) is 0 Å². The Morgan fingerprint density at radius 3 is 2.68 bits per heavy atom. The maximum Gasteiger partial charge on any atom is 0.244 e. The minimum Gasteiger partial charge on any atom is -0.373 e. The molecule has 3 rings (SSSR count). The van der Waals surface area contributed by atoms with Crippen LogP contribution in [-0.4, -0.2) is 40.8 Å². The second-order valence-corrected chi connectivity index (χ2v) is 6.91. The Kier molecular flexibility index (Phi) is 3.13. The molecule has 5 atom stereocenters. The van der Waals surface area contributed by atoms with Gasteiger partial charge in [0.05, 0.1) is 30.0 Å². The number of rotatable bonds is 3. The molecule has 3 fully saturated rings. The van der Waals surface area contributed by atoms with Crippen LogP contribution in [0.5, 0.6) is 0 Å². The van der Waals surface area contributed by atoms with Crippen molar-refractivity contribution in [1.29, 1.82) is 0 Å². The summed E-state index contributed by atoms with van der Waals surface area (Å²) in [4.78, 5) is 15.0. The van der Waals surface area contributed by atoms with Crippen molar-refractivity contribution in [2.45, 2.75) is 83.3 Å². The van der Waals surface area contributed by atoms with E-state index in [1.807, 2.05) is 6.92 Å². The summed E-state index contributed by atoms with van der Waals surface area (Å²) in [6, 6.07) is 0.291. The fourth-order valence-corrected chi connectivity index (χ4v) is 3.87. The summed E-state index contributed by atoms with van der Waals surface area (Å²) in [5.41, 5.74) is -0.392. The molecule has 0 aromatic heterocycles. The smallest absolute Gasteiger partial charge is 0.244 e. The molecule has 108 valence electrons. The van der Waals surface area contributed by atoms with E-state index >= 15 is 0 Å². The fourth-order valence-electron chi connectivity index (χ4n) is 3.87. The second kappa shape index (κ2) is 4.45. The number of ether oxygens (including phenoxy) is 1. The van der Waals surface area contributed by atoms with Crippen molar-refractivity contribution in [1.82, 2.24) is 10.2 Å². The minimum atomic E-state index is -0.392. The van der Waals surface area contributed by atoms with Gasteiger partial charge in [-0.2, -0.15) is 0 Å². The Labute approximate surface area is 115 Å². The van der Waals surface area contributed by atoms with Crippen molar-refractivity contribution >= 4 is 5.91 Å². The summed E-state index contributed by atoms with van der Waals surface area (Å²) in [7, 11) is 0. The van der Waals surface area contributed by atoms with Crippen molar-refractivity contribution in [2.24, 2.45) is 5.92 Å². The van der Waals surface area contributed by atoms with Crippen LogP contribution in [0.1, 0.15) is 53.4 Å². The lowest BCUT2D eigenvalue weighted by Gasteiger charge is -2.35. The predicted molar refractivity (Wildman–Crippen MR) is 73.6 cm³/mol. The Hall–Kier alpha value is -0.610. The molecular formula is C15H26N2O2. The van der Waals surface area contributed by atoms with E-state index in [9.17, 15) is 4.79 Å². The maximum absolute atomic E-state index is 12.8. The molecular weight excluding hydrogens is 240 g/mol. The number of carbonyl (C=O) groups excluding carboxylic acids is 1. The summed E-state index contributed by atoms with van der Waals surface area (Å²) >= 11 is 0. The molecule has 5 unspecified atom stereocenters. The monoisotopic (exact) mass is 266 g/mol. The molecule has 0 aliphatic carbocycles. The summed E-state index contributed by atoms with van der Waals surface area (Å²) < 4.78 is 5.95. The molecule has 1 amide bonds. The van der Waals surface area contributed by atoms with Crippen LogP contribution in [0, 0.1) is 5.92 Å². The average Bonchev–Trinajstić information content (AvgIpc) is 3.04. The summed E-state index contributed by atoms with van der Waals surface area (Å²) in [5, 5.41) is 3.57. The van der Waals surface area contributed by atoms with E-state index in [0.717, 1.165) is 19.3 Å². The van der Waals surface area contributed by atoms with Gasteiger partial charge in [0, 0.05) is 0 Å². The third-order valence-electron chi connectivity index (χ3n) is 5.24. The quantitative estimate of drug-likeness (QED) is 0.848. The molecule has 4 nitrogen and oxygen atoms in total. The van der Waals surface area contributed by atoms with E-state index in [-0.39, 0.29) is 18.2 Å². The van der Waals surface area contributed by atoms with E-state index < -0.39 is 5.54 Å². The highest BCUT2D eigenvalue weighted by molar-refractivity contribution is 5.88. The highest BCUT2D eigenvalue weighted by Crippen LogP contribution is 2.41. The van der Waals surface area contributed by atoms with Gasteiger partial charge in [-0.1, -0.05) is 20.8 Å². The lowest BCUT2D eigenvalue weighted by atomic mass is 9.92. The number of nitrogens with zero attached hydrogens (tertiary/aromatic N) is 1. The molecule has 3 saturated heterocycles. The molecule has 0 radical (unpaired) electrons. The van der Waals surface area contributed by atoms with Gasteiger partial charge in [0.25, 0.3) is 0 Å². The predicted octanol–water partition coefficient (Wildman–Crippen LogP) is 1.89. The summed E-state index contributed by atoms with van der Waals surface area (Å²) in [6.07, 6.45) is 4.99. The van der Waals surface area contributed by atoms with E-state index in [2.05, 4.69) is 31.0 Å². The van der Waals surface area contributed by atoms with Gasteiger partial charge < -0.3 is 9.64 Å². The van der Waals surface area contributed by atoms with Crippen molar-refractivity contribution < 1.29 is 9.53 Å². The molecule has 0 saturated carbocycles. The van der Waals surface area contributed by atoms with E-state index in [1.165, 1.54) is 6.42 Å². The molecule has 3 aliphatic rings. The largest absolute Gasteiger partial charge is 0.373 e. The van der Waals surface area contributed by atoms with Crippen LogP contribution < -0.4 is 5.32 Å². The SMILES string of the molecule is CCC1(C)NC(C(C)C)N(C2CC3CCC2O3)C1=O. The number of hydrogen-bond donors (Lipinski definition) is 1. The number of carbonyl (C=O) groups is 1. The van der Waals surface area contributed by atoms with Gasteiger partial charge in [-0.15, -0.1) is 0 Å². The first-order chi connectivity index (χ1) is 8.96.